The van der Waals surface area contributed by atoms with Crippen molar-refractivity contribution in [3.05, 3.63) is 59.7 Å². The van der Waals surface area contributed by atoms with Gasteiger partial charge in [-0.3, -0.25) is 14.3 Å². The van der Waals surface area contributed by atoms with E-state index in [1.54, 1.807) is 24.3 Å². The molecule has 0 saturated heterocycles. The van der Waals surface area contributed by atoms with E-state index >= 15 is 0 Å². The molecule has 1 N–H and O–H groups in total. The molecule has 0 radical (unpaired) electrons. The monoisotopic (exact) mass is 317 g/mol. The van der Waals surface area contributed by atoms with Gasteiger partial charge in [-0.1, -0.05) is 24.3 Å². The van der Waals surface area contributed by atoms with Crippen LogP contribution in [-0.4, -0.2) is 20.0 Å². The van der Waals surface area contributed by atoms with Gasteiger partial charge in [0.25, 0.3) is 10.0 Å². The number of para-hydroxylation sites is 1. The number of sulfonamides is 1. The summed E-state index contributed by atoms with van der Waals surface area (Å²) in [5, 5.41) is 0. The summed E-state index contributed by atoms with van der Waals surface area (Å²) in [5.41, 5.74) is 0.805. The van der Waals surface area contributed by atoms with E-state index in [9.17, 15) is 18.0 Å². The molecule has 114 valence electrons. The molecule has 2 aromatic carbocycles. The minimum atomic E-state index is -3.88. The predicted octanol–water partition coefficient (Wildman–Crippen LogP) is 2.89. The molecular weight excluding hydrogens is 302 g/mol. The molecule has 0 aliphatic carbocycles. The average molecular weight is 317 g/mol. The van der Waals surface area contributed by atoms with Gasteiger partial charge in [-0.25, -0.2) is 8.42 Å². The molecule has 5 nitrogen and oxygen atoms in total. The number of anilines is 1. The lowest BCUT2D eigenvalue weighted by atomic mass is 10.1. The van der Waals surface area contributed by atoms with Gasteiger partial charge in [0.05, 0.1) is 10.6 Å². The minimum Gasteiger partial charge on any atom is -0.295 e. The largest absolute Gasteiger partial charge is 0.295 e. The number of nitrogens with one attached hydrogen (secondary N) is 1. The lowest BCUT2D eigenvalue weighted by Crippen LogP contribution is -2.15. The molecule has 0 heterocycles. The first-order chi connectivity index (χ1) is 10.3. The highest BCUT2D eigenvalue weighted by Gasteiger charge is 2.18. The third-order valence-electron chi connectivity index (χ3n) is 3.10. The first kappa shape index (κ1) is 15.9. The van der Waals surface area contributed by atoms with Crippen molar-refractivity contribution in [3.63, 3.8) is 0 Å². The second-order valence-electron chi connectivity index (χ2n) is 4.79. The highest BCUT2D eigenvalue weighted by molar-refractivity contribution is 7.92. The van der Waals surface area contributed by atoms with Gasteiger partial charge >= 0.3 is 0 Å². The minimum absolute atomic E-state index is 0.0291. The lowest BCUT2D eigenvalue weighted by molar-refractivity contribution is 0.100. The van der Waals surface area contributed by atoms with E-state index in [1.807, 2.05) is 0 Å². The Morgan fingerprint density at radius 3 is 2.23 bits per heavy atom. The summed E-state index contributed by atoms with van der Waals surface area (Å²) in [5.74, 6) is -0.461. The Hall–Kier alpha value is -2.47. The summed E-state index contributed by atoms with van der Waals surface area (Å²) in [4.78, 5) is 22.9. The predicted molar refractivity (Wildman–Crippen MR) is 83.7 cm³/mol. The van der Waals surface area contributed by atoms with Crippen LogP contribution in [-0.2, 0) is 10.0 Å². The maximum atomic E-state index is 12.4. The molecule has 0 bridgehead atoms. The fraction of sp³-hybridized carbons (Fsp3) is 0.125. The smallest absolute Gasteiger partial charge is 0.261 e. The van der Waals surface area contributed by atoms with Crippen molar-refractivity contribution in [1.29, 1.82) is 0 Å². The highest BCUT2D eigenvalue weighted by atomic mass is 32.2. The van der Waals surface area contributed by atoms with Crippen LogP contribution in [0, 0.1) is 0 Å². The fourth-order valence-electron chi connectivity index (χ4n) is 1.97. The van der Waals surface area contributed by atoms with Gasteiger partial charge in [-0.05, 0) is 38.1 Å². The Balaban J connectivity index is 2.43. The average Bonchev–Trinajstić information content (AvgIpc) is 2.47. The van der Waals surface area contributed by atoms with Crippen LogP contribution in [0.15, 0.2) is 53.4 Å². The number of carbonyl (C=O) groups is 2. The van der Waals surface area contributed by atoms with Gasteiger partial charge in [0.2, 0.25) is 0 Å². The Morgan fingerprint density at radius 2 is 1.59 bits per heavy atom. The molecule has 0 spiro atoms. The van der Waals surface area contributed by atoms with Gasteiger partial charge in [0, 0.05) is 11.1 Å². The third-order valence-corrected chi connectivity index (χ3v) is 4.46. The third kappa shape index (κ3) is 3.40. The fourth-order valence-corrected chi connectivity index (χ4v) is 3.09. The van der Waals surface area contributed by atoms with Crippen molar-refractivity contribution < 1.29 is 18.0 Å². The van der Waals surface area contributed by atoms with Crippen LogP contribution in [0.2, 0.25) is 0 Å². The molecule has 22 heavy (non-hydrogen) atoms. The molecule has 0 aromatic heterocycles. The quantitative estimate of drug-likeness (QED) is 0.860. The Labute approximate surface area is 129 Å². The molecule has 0 amide bonds. The summed E-state index contributed by atoms with van der Waals surface area (Å²) >= 11 is 0. The summed E-state index contributed by atoms with van der Waals surface area (Å²) in [7, 11) is -3.88. The Bertz CT molecular complexity index is 841. The number of carbonyl (C=O) groups excluding carboxylic acids is 2. The molecule has 6 heteroatoms. The van der Waals surface area contributed by atoms with Crippen molar-refractivity contribution >= 4 is 27.3 Å². The first-order valence-corrected chi connectivity index (χ1v) is 8.03. The molecule has 2 aromatic rings. The summed E-state index contributed by atoms with van der Waals surface area (Å²) in [6.45, 7) is 2.73. The SMILES string of the molecule is CC(=O)c1cccc(S(=O)(=O)Nc2ccccc2C(C)=O)c1. The number of Topliss-reactive ketones (excluding diaryl/α,β-unsaturated/α-hetero) is 2. The van der Waals surface area contributed by atoms with Gasteiger partial charge < -0.3 is 0 Å². The van der Waals surface area contributed by atoms with Gasteiger partial charge in [-0.2, -0.15) is 0 Å². The van der Waals surface area contributed by atoms with Crippen molar-refractivity contribution in [3.8, 4) is 0 Å². The zero-order valence-corrected chi connectivity index (χ0v) is 13.0. The second-order valence-corrected chi connectivity index (χ2v) is 6.47. The number of rotatable bonds is 5. The van der Waals surface area contributed by atoms with Crippen LogP contribution in [0.1, 0.15) is 34.6 Å². The first-order valence-electron chi connectivity index (χ1n) is 6.55. The van der Waals surface area contributed by atoms with Crippen LogP contribution < -0.4 is 4.72 Å². The normalized spacial score (nSPS) is 11.0. The van der Waals surface area contributed by atoms with E-state index in [4.69, 9.17) is 0 Å². The summed E-state index contributed by atoms with van der Waals surface area (Å²) in [6.07, 6.45) is 0. The van der Waals surface area contributed by atoms with Crippen molar-refractivity contribution in [1.82, 2.24) is 0 Å². The topological polar surface area (TPSA) is 80.3 Å². The molecule has 0 aliphatic rings. The van der Waals surface area contributed by atoms with E-state index in [2.05, 4.69) is 4.72 Å². The molecule has 0 fully saturated rings. The molecule has 0 atom stereocenters. The maximum Gasteiger partial charge on any atom is 0.261 e. The lowest BCUT2D eigenvalue weighted by Gasteiger charge is -2.11. The van der Waals surface area contributed by atoms with Crippen LogP contribution in [0.25, 0.3) is 0 Å². The Morgan fingerprint density at radius 1 is 0.909 bits per heavy atom. The van der Waals surface area contributed by atoms with Crippen LogP contribution in [0.5, 0.6) is 0 Å². The number of hydrogen-bond donors (Lipinski definition) is 1. The van der Waals surface area contributed by atoms with E-state index < -0.39 is 10.0 Å². The molecule has 0 saturated carbocycles. The molecular formula is C16H15NO4S. The van der Waals surface area contributed by atoms with Crippen LogP contribution in [0.4, 0.5) is 5.69 Å². The number of ketones is 2. The number of hydrogen-bond acceptors (Lipinski definition) is 4. The van der Waals surface area contributed by atoms with E-state index in [-0.39, 0.29) is 27.7 Å². The van der Waals surface area contributed by atoms with Gasteiger partial charge in [0.15, 0.2) is 11.6 Å². The Kier molecular flexibility index (Phi) is 4.42. The van der Waals surface area contributed by atoms with E-state index in [0.717, 1.165) is 0 Å². The summed E-state index contributed by atoms with van der Waals surface area (Å²) in [6, 6.07) is 12.1. The maximum absolute atomic E-state index is 12.4. The van der Waals surface area contributed by atoms with Gasteiger partial charge in [-0.15, -0.1) is 0 Å². The highest BCUT2D eigenvalue weighted by Crippen LogP contribution is 2.21. The van der Waals surface area contributed by atoms with E-state index in [1.165, 1.54) is 38.1 Å². The zero-order chi connectivity index (χ0) is 16.3. The molecule has 0 aliphatic heterocycles. The van der Waals surface area contributed by atoms with Crippen LogP contribution >= 0.6 is 0 Å². The van der Waals surface area contributed by atoms with Crippen molar-refractivity contribution in [2.75, 3.05) is 4.72 Å². The van der Waals surface area contributed by atoms with E-state index in [0.29, 0.717) is 5.56 Å². The van der Waals surface area contributed by atoms with Gasteiger partial charge in [0.1, 0.15) is 0 Å². The number of benzene rings is 2. The van der Waals surface area contributed by atoms with Crippen molar-refractivity contribution in [2.24, 2.45) is 0 Å². The molecule has 0 unspecified atom stereocenters. The zero-order valence-electron chi connectivity index (χ0n) is 12.2. The summed E-state index contributed by atoms with van der Waals surface area (Å²) < 4.78 is 27.2. The second kappa shape index (κ2) is 6.11. The van der Waals surface area contributed by atoms with Crippen LogP contribution in [0.3, 0.4) is 0 Å². The van der Waals surface area contributed by atoms with Crippen molar-refractivity contribution in [2.45, 2.75) is 18.7 Å². The standard InChI is InChI=1S/C16H15NO4S/c1-11(18)13-6-5-7-14(10-13)22(20,21)17-16-9-4-3-8-15(16)12(2)19/h3-10,17H,1-2H3. The molecule has 2 rings (SSSR count).